The highest BCUT2D eigenvalue weighted by atomic mass is 32.1. The highest BCUT2D eigenvalue weighted by molar-refractivity contribution is 7.09. The van der Waals surface area contributed by atoms with Crippen molar-refractivity contribution in [2.45, 2.75) is 19.9 Å². The number of carbonyl (C=O) groups is 2. The van der Waals surface area contributed by atoms with E-state index < -0.39 is 0 Å². The highest BCUT2D eigenvalue weighted by Gasteiger charge is 2.21. The third-order valence-corrected chi connectivity index (χ3v) is 5.56. The number of nitrogens with one attached hydrogen (secondary N) is 1. The number of hydrogen-bond donors (Lipinski definition) is 1. The second-order valence-electron chi connectivity index (χ2n) is 6.56. The molecule has 0 unspecified atom stereocenters. The predicted octanol–water partition coefficient (Wildman–Crippen LogP) is 2.52. The van der Waals surface area contributed by atoms with Crippen LogP contribution in [0, 0.1) is 6.92 Å². The Labute approximate surface area is 158 Å². The summed E-state index contributed by atoms with van der Waals surface area (Å²) in [6, 6.07) is 11.7. The molecule has 1 N–H and O–H groups in total. The quantitative estimate of drug-likeness (QED) is 0.849. The molecule has 1 aliphatic rings. The van der Waals surface area contributed by atoms with Crippen LogP contribution < -0.4 is 5.32 Å². The van der Waals surface area contributed by atoms with Crippen molar-refractivity contribution in [3.63, 3.8) is 0 Å². The molecule has 138 valence electrons. The Kier molecular flexibility index (Phi) is 6.41. The zero-order valence-corrected chi connectivity index (χ0v) is 15.9. The molecule has 0 radical (unpaired) electrons. The molecule has 0 saturated carbocycles. The van der Waals surface area contributed by atoms with E-state index in [1.807, 2.05) is 30.0 Å². The van der Waals surface area contributed by atoms with Gasteiger partial charge in [-0.1, -0.05) is 24.3 Å². The Hall–Kier alpha value is -2.18. The molecule has 1 aliphatic heterocycles. The van der Waals surface area contributed by atoms with E-state index in [0.717, 1.165) is 38.3 Å². The molecular formula is C20H25N3O2S. The van der Waals surface area contributed by atoms with Gasteiger partial charge in [0.15, 0.2) is 0 Å². The molecule has 2 heterocycles. The van der Waals surface area contributed by atoms with Crippen LogP contribution in [-0.4, -0.2) is 54.3 Å². The average molecular weight is 372 g/mol. The van der Waals surface area contributed by atoms with Gasteiger partial charge in [0.05, 0.1) is 0 Å². The minimum Gasteiger partial charge on any atom is -0.352 e. The van der Waals surface area contributed by atoms with Gasteiger partial charge in [-0.3, -0.25) is 14.5 Å². The monoisotopic (exact) mass is 371 g/mol. The molecule has 0 aliphatic carbocycles. The number of hydrogen-bond acceptors (Lipinski definition) is 4. The van der Waals surface area contributed by atoms with Crippen molar-refractivity contribution in [2.75, 3.05) is 32.7 Å². The highest BCUT2D eigenvalue weighted by Crippen LogP contribution is 2.14. The lowest BCUT2D eigenvalue weighted by Crippen LogP contribution is -2.48. The number of aryl methyl sites for hydroxylation is 1. The van der Waals surface area contributed by atoms with Gasteiger partial charge >= 0.3 is 0 Å². The molecule has 0 spiro atoms. The number of piperazine rings is 1. The molecule has 2 amide bonds. The summed E-state index contributed by atoms with van der Waals surface area (Å²) in [4.78, 5) is 30.2. The number of carbonyl (C=O) groups excluding carboxylic acids is 2. The lowest BCUT2D eigenvalue weighted by atomic mass is 10.1. The van der Waals surface area contributed by atoms with E-state index in [1.165, 1.54) is 4.88 Å². The summed E-state index contributed by atoms with van der Waals surface area (Å²) in [5.41, 5.74) is 1.61. The van der Waals surface area contributed by atoms with Crippen LogP contribution in [0.25, 0.3) is 0 Å². The molecule has 2 aromatic rings. The molecule has 1 aromatic heterocycles. The first-order valence-corrected chi connectivity index (χ1v) is 9.88. The lowest BCUT2D eigenvalue weighted by molar-refractivity contribution is -0.132. The SMILES string of the molecule is Cc1ccccc1C(=O)NCCC(=O)N1CCN(Cc2cccs2)CC1. The second-order valence-corrected chi connectivity index (χ2v) is 7.59. The largest absolute Gasteiger partial charge is 0.352 e. The summed E-state index contributed by atoms with van der Waals surface area (Å²) in [6.07, 6.45) is 0.350. The van der Waals surface area contributed by atoms with Crippen LogP contribution in [-0.2, 0) is 11.3 Å². The zero-order chi connectivity index (χ0) is 18.4. The van der Waals surface area contributed by atoms with Crippen molar-refractivity contribution in [3.05, 3.63) is 57.8 Å². The summed E-state index contributed by atoms with van der Waals surface area (Å²) < 4.78 is 0. The Morgan fingerprint density at radius 3 is 2.54 bits per heavy atom. The topological polar surface area (TPSA) is 52.7 Å². The summed E-state index contributed by atoms with van der Waals surface area (Å²) in [6.45, 7) is 6.58. The van der Waals surface area contributed by atoms with Gasteiger partial charge in [0.25, 0.3) is 5.91 Å². The Morgan fingerprint density at radius 2 is 1.85 bits per heavy atom. The molecule has 0 bridgehead atoms. The van der Waals surface area contributed by atoms with Crippen molar-refractivity contribution in [2.24, 2.45) is 0 Å². The van der Waals surface area contributed by atoms with Gasteiger partial charge in [0.2, 0.25) is 5.91 Å². The molecule has 26 heavy (non-hydrogen) atoms. The van der Waals surface area contributed by atoms with Gasteiger partial charge in [-0.15, -0.1) is 11.3 Å². The Morgan fingerprint density at radius 1 is 1.08 bits per heavy atom. The van der Waals surface area contributed by atoms with Crippen molar-refractivity contribution < 1.29 is 9.59 Å². The smallest absolute Gasteiger partial charge is 0.251 e. The van der Waals surface area contributed by atoms with E-state index in [9.17, 15) is 9.59 Å². The molecule has 5 nitrogen and oxygen atoms in total. The maximum absolute atomic E-state index is 12.4. The van der Waals surface area contributed by atoms with Gasteiger partial charge in [-0.25, -0.2) is 0 Å². The summed E-state index contributed by atoms with van der Waals surface area (Å²) in [5, 5.41) is 4.95. The van der Waals surface area contributed by atoms with E-state index in [0.29, 0.717) is 18.5 Å². The van der Waals surface area contributed by atoms with Crippen LogP contribution in [0.15, 0.2) is 41.8 Å². The minimum absolute atomic E-state index is 0.114. The van der Waals surface area contributed by atoms with E-state index in [4.69, 9.17) is 0 Å². The molecule has 3 rings (SSSR count). The van der Waals surface area contributed by atoms with Crippen LogP contribution in [0.3, 0.4) is 0 Å². The maximum atomic E-state index is 12.4. The lowest BCUT2D eigenvalue weighted by Gasteiger charge is -2.34. The third kappa shape index (κ3) is 4.93. The normalized spacial score (nSPS) is 15.0. The minimum atomic E-state index is -0.114. The maximum Gasteiger partial charge on any atom is 0.251 e. The molecular weight excluding hydrogens is 346 g/mol. The number of nitrogens with zero attached hydrogens (tertiary/aromatic N) is 2. The Balaban J connectivity index is 1.38. The van der Waals surface area contributed by atoms with Crippen molar-refractivity contribution >= 4 is 23.2 Å². The first-order chi connectivity index (χ1) is 12.6. The first kappa shape index (κ1) is 18.6. The number of benzene rings is 1. The van der Waals surface area contributed by atoms with Gasteiger partial charge < -0.3 is 10.2 Å². The predicted molar refractivity (Wildman–Crippen MR) is 104 cm³/mol. The first-order valence-electron chi connectivity index (χ1n) is 9.00. The van der Waals surface area contributed by atoms with Crippen LogP contribution in [0.4, 0.5) is 0 Å². The van der Waals surface area contributed by atoms with E-state index in [2.05, 4.69) is 27.7 Å². The standard InChI is InChI=1S/C20H25N3O2S/c1-16-5-2-3-7-18(16)20(25)21-9-8-19(24)23-12-10-22(11-13-23)15-17-6-4-14-26-17/h2-7,14H,8-13,15H2,1H3,(H,21,25). The second kappa shape index (κ2) is 8.96. The van der Waals surface area contributed by atoms with Crippen molar-refractivity contribution in [1.82, 2.24) is 15.1 Å². The summed E-state index contributed by atoms with van der Waals surface area (Å²) in [5.74, 6) is 0.00234. The van der Waals surface area contributed by atoms with Crippen LogP contribution in [0.1, 0.15) is 27.2 Å². The molecule has 6 heteroatoms. The molecule has 0 atom stereocenters. The number of thiophene rings is 1. The van der Waals surface area contributed by atoms with Gasteiger partial charge in [-0.05, 0) is 30.0 Å². The molecule has 1 aromatic carbocycles. The van der Waals surface area contributed by atoms with Gasteiger partial charge in [0.1, 0.15) is 0 Å². The van der Waals surface area contributed by atoms with E-state index in [1.54, 1.807) is 17.4 Å². The molecule has 1 saturated heterocycles. The van der Waals surface area contributed by atoms with Gasteiger partial charge in [-0.2, -0.15) is 0 Å². The van der Waals surface area contributed by atoms with Gasteiger partial charge in [0, 0.05) is 56.1 Å². The van der Waals surface area contributed by atoms with Crippen molar-refractivity contribution in [3.8, 4) is 0 Å². The van der Waals surface area contributed by atoms with E-state index >= 15 is 0 Å². The fourth-order valence-corrected chi connectivity index (χ4v) is 3.89. The summed E-state index contributed by atoms with van der Waals surface area (Å²) >= 11 is 1.77. The average Bonchev–Trinajstić information content (AvgIpc) is 3.15. The van der Waals surface area contributed by atoms with Crippen LogP contribution in [0.2, 0.25) is 0 Å². The zero-order valence-electron chi connectivity index (χ0n) is 15.1. The molecule has 1 fully saturated rings. The summed E-state index contributed by atoms with van der Waals surface area (Å²) in [7, 11) is 0. The van der Waals surface area contributed by atoms with Crippen LogP contribution >= 0.6 is 11.3 Å². The van der Waals surface area contributed by atoms with Crippen molar-refractivity contribution in [1.29, 1.82) is 0 Å². The number of amides is 2. The van der Waals surface area contributed by atoms with E-state index in [-0.39, 0.29) is 11.8 Å². The third-order valence-electron chi connectivity index (χ3n) is 4.70. The fraction of sp³-hybridized carbons (Fsp3) is 0.400. The van der Waals surface area contributed by atoms with Crippen LogP contribution in [0.5, 0.6) is 0 Å². The Bertz CT molecular complexity index is 737. The fourth-order valence-electron chi connectivity index (χ4n) is 3.14. The number of rotatable bonds is 6.